The smallest absolute Gasteiger partial charge is 0.251 e. The summed E-state index contributed by atoms with van der Waals surface area (Å²) in [5, 5.41) is 5.90. The summed E-state index contributed by atoms with van der Waals surface area (Å²) >= 11 is 0. The van der Waals surface area contributed by atoms with Crippen molar-refractivity contribution in [2.24, 2.45) is 0 Å². The summed E-state index contributed by atoms with van der Waals surface area (Å²) in [4.78, 5) is 24.4. The van der Waals surface area contributed by atoms with E-state index in [2.05, 4.69) is 10.6 Å². The Morgan fingerprint density at radius 1 is 0.571 bits per heavy atom. The molecule has 2 rings (SSSR count). The highest BCUT2D eigenvalue weighted by molar-refractivity contribution is 5.94. The second kappa shape index (κ2) is 17.4. The van der Waals surface area contributed by atoms with Crippen LogP contribution in [0.3, 0.4) is 0 Å². The van der Waals surface area contributed by atoms with Crippen LogP contribution < -0.4 is 20.1 Å². The van der Waals surface area contributed by atoms with E-state index in [0.717, 1.165) is 43.6 Å². The van der Waals surface area contributed by atoms with Gasteiger partial charge in [0.25, 0.3) is 11.8 Å². The highest BCUT2D eigenvalue weighted by atomic mass is 16.5. The number of carbonyl (C=O) groups excluding carboxylic acids is 2. The van der Waals surface area contributed by atoms with E-state index < -0.39 is 0 Å². The van der Waals surface area contributed by atoms with Gasteiger partial charge in [0.2, 0.25) is 0 Å². The molecule has 0 saturated carbocycles. The Hall–Kier alpha value is -3.10. The lowest BCUT2D eigenvalue weighted by Crippen LogP contribution is -2.24. The normalized spacial score (nSPS) is 10.6. The molecule has 0 heterocycles. The van der Waals surface area contributed by atoms with E-state index in [-0.39, 0.29) is 11.8 Å². The molecule has 2 aromatic carbocycles. The molecule has 192 valence electrons. The molecule has 2 amide bonds. The van der Waals surface area contributed by atoms with Crippen LogP contribution in [0.15, 0.2) is 48.5 Å². The molecule has 0 aliphatic carbocycles. The molecule has 0 aliphatic heterocycles. The number of unbranched alkanes of at least 4 members (excludes halogenated alkanes) is 4. The molecule has 0 spiro atoms. The lowest BCUT2D eigenvalue weighted by Gasteiger charge is -2.08. The molecule has 0 aliphatic rings. The summed E-state index contributed by atoms with van der Waals surface area (Å²) in [5.74, 6) is 1.28. The van der Waals surface area contributed by atoms with Crippen molar-refractivity contribution in [3.8, 4) is 11.5 Å². The number of ether oxygens (including phenoxy) is 4. The van der Waals surface area contributed by atoms with Gasteiger partial charge in [0, 0.05) is 38.4 Å². The van der Waals surface area contributed by atoms with Crippen LogP contribution in [0.1, 0.15) is 52.8 Å². The second-order valence-electron chi connectivity index (χ2n) is 8.01. The molecule has 2 aromatic rings. The average molecular weight is 487 g/mol. The molecule has 0 saturated heterocycles. The lowest BCUT2D eigenvalue weighted by atomic mass is 10.1. The van der Waals surface area contributed by atoms with E-state index in [4.69, 9.17) is 18.9 Å². The third-order valence-corrected chi connectivity index (χ3v) is 5.27. The number of amides is 2. The Bertz CT molecular complexity index is 783. The Morgan fingerprint density at radius 3 is 1.31 bits per heavy atom. The molecule has 0 atom stereocenters. The minimum Gasteiger partial charge on any atom is -0.491 e. The number of carbonyl (C=O) groups is 2. The van der Waals surface area contributed by atoms with Gasteiger partial charge in [-0.3, -0.25) is 9.59 Å². The number of rotatable bonds is 18. The molecule has 0 unspecified atom stereocenters. The van der Waals surface area contributed by atoms with Crippen LogP contribution in [-0.4, -0.2) is 65.6 Å². The molecule has 2 N–H and O–H groups in total. The molecule has 0 aromatic heterocycles. The van der Waals surface area contributed by atoms with E-state index in [1.165, 1.54) is 0 Å². The summed E-state index contributed by atoms with van der Waals surface area (Å²) in [6.07, 6.45) is 4.98. The number of hydrogen-bond acceptors (Lipinski definition) is 6. The van der Waals surface area contributed by atoms with Crippen LogP contribution in [-0.2, 0) is 9.47 Å². The fourth-order valence-corrected chi connectivity index (χ4v) is 3.28. The minimum atomic E-state index is -0.0780. The standard InChI is InChI=1S/C27H38N2O6/c1-32-18-20-34-24-12-8-22(9-13-24)26(30)28-16-6-4-3-5-7-17-29-27(31)23-10-14-25(15-11-23)35-21-19-33-2/h8-15H,3-7,16-21H2,1-2H3,(H,28,30)(H,29,31). The fraction of sp³-hybridized carbons (Fsp3) is 0.481. The van der Waals surface area contributed by atoms with Crippen LogP contribution in [0.2, 0.25) is 0 Å². The number of benzene rings is 2. The van der Waals surface area contributed by atoms with Gasteiger partial charge >= 0.3 is 0 Å². The van der Waals surface area contributed by atoms with Crippen molar-refractivity contribution in [3.63, 3.8) is 0 Å². The van der Waals surface area contributed by atoms with Crippen molar-refractivity contribution in [1.82, 2.24) is 10.6 Å². The van der Waals surface area contributed by atoms with Crippen LogP contribution in [0.25, 0.3) is 0 Å². The highest BCUT2D eigenvalue weighted by Gasteiger charge is 2.06. The first-order chi connectivity index (χ1) is 17.1. The summed E-state index contributed by atoms with van der Waals surface area (Å²) in [6.45, 7) is 3.30. The van der Waals surface area contributed by atoms with Crippen LogP contribution in [0.4, 0.5) is 0 Å². The van der Waals surface area contributed by atoms with E-state index in [9.17, 15) is 9.59 Å². The van der Waals surface area contributed by atoms with Crippen molar-refractivity contribution < 1.29 is 28.5 Å². The molecule has 8 nitrogen and oxygen atoms in total. The maximum Gasteiger partial charge on any atom is 0.251 e. The van der Waals surface area contributed by atoms with Crippen LogP contribution in [0.5, 0.6) is 11.5 Å². The average Bonchev–Trinajstić information content (AvgIpc) is 2.88. The Balaban J connectivity index is 1.49. The fourth-order valence-electron chi connectivity index (χ4n) is 3.28. The SMILES string of the molecule is COCCOc1ccc(C(=O)NCCCCCCCNC(=O)c2ccc(OCCOC)cc2)cc1. The zero-order valence-electron chi connectivity index (χ0n) is 20.8. The van der Waals surface area contributed by atoms with Crippen molar-refractivity contribution >= 4 is 11.8 Å². The van der Waals surface area contributed by atoms with Crippen LogP contribution in [0, 0.1) is 0 Å². The maximum atomic E-state index is 12.2. The van der Waals surface area contributed by atoms with Gasteiger partial charge in [-0.2, -0.15) is 0 Å². The first kappa shape index (κ1) is 28.1. The Labute approximate surface area is 208 Å². The predicted molar refractivity (Wildman–Crippen MR) is 135 cm³/mol. The first-order valence-electron chi connectivity index (χ1n) is 12.1. The van der Waals surface area contributed by atoms with Gasteiger partial charge in [-0.15, -0.1) is 0 Å². The summed E-state index contributed by atoms with van der Waals surface area (Å²) < 4.78 is 20.9. The molecule has 0 bridgehead atoms. The third-order valence-electron chi connectivity index (χ3n) is 5.27. The van der Waals surface area contributed by atoms with Gasteiger partial charge < -0.3 is 29.6 Å². The van der Waals surface area contributed by atoms with Crippen molar-refractivity contribution in [3.05, 3.63) is 59.7 Å². The van der Waals surface area contributed by atoms with Crippen molar-refractivity contribution in [2.75, 3.05) is 53.7 Å². The molecule has 8 heteroatoms. The zero-order chi connectivity index (χ0) is 25.1. The van der Waals surface area contributed by atoms with E-state index >= 15 is 0 Å². The topological polar surface area (TPSA) is 95.1 Å². The minimum absolute atomic E-state index is 0.0780. The first-order valence-corrected chi connectivity index (χ1v) is 12.1. The molecular weight excluding hydrogens is 448 g/mol. The largest absolute Gasteiger partial charge is 0.491 e. The van der Waals surface area contributed by atoms with E-state index in [1.807, 2.05) is 0 Å². The van der Waals surface area contributed by atoms with Gasteiger partial charge in [-0.05, 0) is 61.4 Å². The van der Waals surface area contributed by atoms with Gasteiger partial charge in [0.1, 0.15) is 24.7 Å². The highest BCUT2D eigenvalue weighted by Crippen LogP contribution is 2.13. The van der Waals surface area contributed by atoms with Gasteiger partial charge in [0.15, 0.2) is 0 Å². The molecule has 0 radical (unpaired) electrons. The van der Waals surface area contributed by atoms with Gasteiger partial charge in [0.05, 0.1) is 13.2 Å². The maximum absolute atomic E-state index is 12.2. The monoisotopic (exact) mass is 486 g/mol. The van der Waals surface area contributed by atoms with E-state index in [0.29, 0.717) is 50.6 Å². The van der Waals surface area contributed by atoms with Crippen molar-refractivity contribution in [2.45, 2.75) is 32.1 Å². The predicted octanol–water partition coefficient (Wildman–Crippen LogP) is 3.85. The number of methoxy groups -OCH3 is 2. The van der Waals surface area contributed by atoms with Gasteiger partial charge in [-0.25, -0.2) is 0 Å². The quantitative estimate of drug-likeness (QED) is 0.311. The summed E-state index contributed by atoms with van der Waals surface area (Å²) in [5.41, 5.74) is 1.24. The molecule has 0 fully saturated rings. The molecular formula is C27H38N2O6. The Morgan fingerprint density at radius 2 is 0.943 bits per heavy atom. The zero-order valence-corrected chi connectivity index (χ0v) is 20.8. The second-order valence-corrected chi connectivity index (χ2v) is 8.01. The molecule has 35 heavy (non-hydrogen) atoms. The van der Waals surface area contributed by atoms with Crippen LogP contribution >= 0.6 is 0 Å². The van der Waals surface area contributed by atoms with E-state index in [1.54, 1.807) is 62.8 Å². The summed E-state index contributed by atoms with van der Waals surface area (Å²) in [7, 11) is 3.25. The number of hydrogen-bond donors (Lipinski definition) is 2. The number of nitrogens with one attached hydrogen (secondary N) is 2. The van der Waals surface area contributed by atoms with Crippen molar-refractivity contribution in [1.29, 1.82) is 0 Å². The lowest BCUT2D eigenvalue weighted by molar-refractivity contribution is 0.0945. The van der Waals surface area contributed by atoms with Gasteiger partial charge in [-0.1, -0.05) is 19.3 Å². The summed E-state index contributed by atoms with van der Waals surface area (Å²) in [6, 6.07) is 14.2. The Kier molecular flexibility index (Phi) is 14.0. The third kappa shape index (κ3) is 11.7.